The molecule has 2 aliphatic heterocycles. The Hall–Kier alpha value is 0.115. The minimum absolute atomic E-state index is 0.193. The van der Waals surface area contributed by atoms with E-state index in [1.165, 1.54) is 122 Å². The van der Waals surface area contributed by atoms with Gasteiger partial charge in [0.1, 0.15) is 21.8 Å². The van der Waals surface area contributed by atoms with Gasteiger partial charge in [0.25, 0.3) is 0 Å². The Bertz CT molecular complexity index is 331. The summed E-state index contributed by atoms with van der Waals surface area (Å²) in [5.74, 6) is 0.784. The minimum atomic E-state index is 0.193. The highest BCUT2D eigenvalue weighted by molar-refractivity contribution is 6.35. The van der Waals surface area contributed by atoms with Gasteiger partial charge in [0, 0.05) is 0 Å². The average molecular weight is 369 g/mol. The molecule has 0 bridgehead atoms. The van der Waals surface area contributed by atoms with Crippen molar-refractivity contribution in [1.82, 2.24) is 10.6 Å². The summed E-state index contributed by atoms with van der Waals surface area (Å²) in [5, 5.41) is 8.16. The monoisotopic (exact) mass is 369 g/mol. The Labute approximate surface area is 172 Å². The van der Waals surface area contributed by atoms with Crippen molar-refractivity contribution in [2.75, 3.05) is 13.1 Å². The fraction of sp³-hybridized carbons (Fsp3) is 1.00. The van der Waals surface area contributed by atoms with E-state index >= 15 is 0 Å². The minimum Gasteiger partial charge on any atom is -0.299 e. The lowest BCUT2D eigenvalue weighted by Crippen LogP contribution is -2.62. The topological polar surface area (TPSA) is 24.1 Å². The zero-order chi connectivity index (χ0) is 19.0. The fourth-order valence-electron chi connectivity index (χ4n) is 4.98. The molecule has 3 radical (unpaired) electrons. The third-order valence-electron chi connectivity index (χ3n) is 6.66. The Morgan fingerprint density at radius 1 is 0.852 bits per heavy atom. The summed E-state index contributed by atoms with van der Waals surface area (Å²) in [6.45, 7) is 4.65. The predicted molar refractivity (Wildman–Crippen MR) is 125 cm³/mol. The van der Waals surface area contributed by atoms with Crippen molar-refractivity contribution in [2.45, 2.75) is 121 Å². The molecule has 0 aromatic rings. The highest BCUT2D eigenvalue weighted by atomic mass is 15.2. The average Bonchev–Trinajstić information content (AvgIpc) is 2.69. The molecule has 151 valence electrons. The van der Waals surface area contributed by atoms with Crippen molar-refractivity contribution in [3.63, 3.8) is 0 Å². The van der Waals surface area contributed by atoms with Gasteiger partial charge in [-0.2, -0.15) is 0 Å². The second-order valence-corrected chi connectivity index (χ2v) is 8.92. The first-order valence-corrected chi connectivity index (χ1v) is 12.3. The van der Waals surface area contributed by atoms with Crippen LogP contribution in [0.1, 0.15) is 77.6 Å². The molecule has 2 aliphatic rings. The molecule has 2 saturated heterocycles. The molecule has 2 nitrogen and oxygen atoms in total. The molecular formula is C22H44B3N2. The van der Waals surface area contributed by atoms with Crippen LogP contribution < -0.4 is 10.6 Å². The Kier molecular flexibility index (Phi) is 13.0. The molecule has 0 aliphatic carbocycles. The van der Waals surface area contributed by atoms with Crippen LogP contribution in [0.4, 0.5) is 0 Å². The first-order chi connectivity index (χ1) is 13.4. The highest BCUT2D eigenvalue weighted by Gasteiger charge is 2.36. The van der Waals surface area contributed by atoms with Gasteiger partial charge in [0.05, 0.1) is 5.66 Å². The molecule has 2 fully saturated rings. The van der Waals surface area contributed by atoms with Crippen molar-refractivity contribution in [3.8, 4) is 0 Å². The number of nitrogens with one attached hydrogen (secondary N) is 2. The molecule has 0 aromatic carbocycles. The fourth-order valence-corrected chi connectivity index (χ4v) is 4.98. The summed E-state index contributed by atoms with van der Waals surface area (Å²) >= 11 is 0. The molecule has 2 heterocycles. The van der Waals surface area contributed by atoms with E-state index in [1.807, 2.05) is 0 Å². The third kappa shape index (κ3) is 9.44. The van der Waals surface area contributed by atoms with E-state index in [9.17, 15) is 0 Å². The SMILES string of the molecule is CCCC[B]CCCC1CCC[B]CCCNC12CCCC[B]CCCN2. The maximum absolute atomic E-state index is 4.08. The zero-order valence-electron chi connectivity index (χ0n) is 18.2. The van der Waals surface area contributed by atoms with Gasteiger partial charge >= 0.3 is 0 Å². The molecule has 0 amide bonds. The van der Waals surface area contributed by atoms with Gasteiger partial charge < -0.3 is 0 Å². The van der Waals surface area contributed by atoms with Crippen LogP contribution in [-0.2, 0) is 0 Å². The van der Waals surface area contributed by atoms with Crippen molar-refractivity contribution in [1.29, 1.82) is 0 Å². The zero-order valence-corrected chi connectivity index (χ0v) is 18.2. The van der Waals surface area contributed by atoms with Crippen LogP contribution in [0.2, 0.25) is 37.9 Å². The van der Waals surface area contributed by atoms with Gasteiger partial charge in [-0.05, 0) is 51.1 Å². The summed E-state index contributed by atoms with van der Waals surface area (Å²) in [4.78, 5) is 0. The summed E-state index contributed by atoms with van der Waals surface area (Å²) in [6, 6.07) is 0. The highest BCUT2D eigenvalue weighted by Crippen LogP contribution is 2.32. The van der Waals surface area contributed by atoms with E-state index in [0.29, 0.717) is 0 Å². The molecule has 5 heteroatoms. The van der Waals surface area contributed by atoms with Crippen LogP contribution in [-0.4, -0.2) is 40.6 Å². The van der Waals surface area contributed by atoms with Gasteiger partial charge in [-0.3, -0.25) is 10.6 Å². The lowest BCUT2D eigenvalue weighted by atomic mass is 9.65. The first-order valence-electron chi connectivity index (χ1n) is 12.3. The van der Waals surface area contributed by atoms with E-state index in [1.54, 1.807) is 0 Å². The Balaban J connectivity index is 1.97. The standard InChI is InChI=1S/C22H44B3N2/c1-2-3-13-23-15-6-10-21-11-7-16-25-18-9-20-27-22(21)12-4-5-14-24-17-8-19-26-22/h21,26-27H,2-20H2,1H3. The van der Waals surface area contributed by atoms with Crippen LogP contribution in [0.3, 0.4) is 0 Å². The molecule has 2 atom stereocenters. The maximum atomic E-state index is 4.08. The molecular weight excluding hydrogens is 325 g/mol. The second kappa shape index (κ2) is 15.0. The summed E-state index contributed by atoms with van der Waals surface area (Å²) in [7, 11) is 7.60. The van der Waals surface area contributed by atoms with Crippen molar-refractivity contribution in [2.24, 2.45) is 5.92 Å². The normalized spacial score (nSPS) is 28.7. The van der Waals surface area contributed by atoms with Gasteiger partial charge in [-0.25, -0.2) is 0 Å². The number of rotatable bonds is 7. The van der Waals surface area contributed by atoms with Crippen LogP contribution in [0.5, 0.6) is 0 Å². The van der Waals surface area contributed by atoms with Crippen LogP contribution in [0, 0.1) is 5.92 Å². The van der Waals surface area contributed by atoms with E-state index in [4.69, 9.17) is 0 Å². The summed E-state index contributed by atoms with van der Waals surface area (Å²) < 4.78 is 0. The molecule has 0 saturated carbocycles. The summed E-state index contributed by atoms with van der Waals surface area (Å²) in [5.41, 5.74) is 0.193. The molecule has 1 spiro atoms. The van der Waals surface area contributed by atoms with Crippen molar-refractivity contribution >= 4 is 21.8 Å². The molecule has 2 N–H and O–H groups in total. The van der Waals surface area contributed by atoms with Crippen LogP contribution in [0.15, 0.2) is 0 Å². The molecule has 27 heavy (non-hydrogen) atoms. The van der Waals surface area contributed by atoms with E-state index in [-0.39, 0.29) is 5.66 Å². The van der Waals surface area contributed by atoms with Crippen LogP contribution in [0.25, 0.3) is 0 Å². The first kappa shape index (κ1) is 23.4. The quantitative estimate of drug-likeness (QED) is 0.462. The maximum Gasteiger partial charge on any atom is 0.109 e. The number of unbranched alkanes of at least 4 members (excludes halogenated alkanes) is 1. The van der Waals surface area contributed by atoms with E-state index in [2.05, 4.69) is 39.4 Å². The van der Waals surface area contributed by atoms with Crippen molar-refractivity contribution < 1.29 is 0 Å². The second-order valence-electron chi connectivity index (χ2n) is 8.92. The largest absolute Gasteiger partial charge is 0.299 e. The lowest BCUT2D eigenvalue weighted by Gasteiger charge is -2.44. The number of hydrogen-bond donors (Lipinski definition) is 2. The van der Waals surface area contributed by atoms with Crippen LogP contribution >= 0.6 is 0 Å². The Morgan fingerprint density at radius 3 is 2.26 bits per heavy atom. The predicted octanol–water partition coefficient (Wildman–Crippen LogP) is 5.44. The van der Waals surface area contributed by atoms with E-state index in [0.717, 1.165) is 5.92 Å². The van der Waals surface area contributed by atoms with Gasteiger partial charge in [0.15, 0.2) is 0 Å². The van der Waals surface area contributed by atoms with Gasteiger partial charge in [0.2, 0.25) is 0 Å². The molecule has 2 rings (SSSR count). The summed E-state index contributed by atoms with van der Waals surface area (Å²) in [6.07, 6.45) is 22.7. The molecule has 2 unspecified atom stereocenters. The lowest BCUT2D eigenvalue weighted by molar-refractivity contribution is 0.121. The molecule has 0 aromatic heterocycles. The van der Waals surface area contributed by atoms with E-state index < -0.39 is 0 Å². The van der Waals surface area contributed by atoms with Gasteiger partial charge in [-0.15, -0.1) is 0 Å². The Morgan fingerprint density at radius 2 is 1.52 bits per heavy atom. The number of hydrogen-bond acceptors (Lipinski definition) is 2. The van der Waals surface area contributed by atoms with Crippen molar-refractivity contribution in [3.05, 3.63) is 0 Å². The smallest absolute Gasteiger partial charge is 0.109 e. The van der Waals surface area contributed by atoms with Gasteiger partial charge in [-0.1, -0.05) is 83.4 Å². The third-order valence-corrected chi connectivity index (χ3v) is 6.66.